The highest BCUT2D eigenvalue weighted by molar-refractivity contribution is 14.1. The van der Waals surface area contributed by atoms with Gasteiger partial charge >= 0.3 is 5.97 Å². The van der Waals surface area contributed by atoms with Crippen molar-refractivity contribution in [2.45, 2.75) is 6.92 Å². The van der Waals surface area contributed by atoms with Crippen LogP contribution in [0.15, 0.2) is 36.4 Å². The second-order valence-corrected chi connectivity index (χ2v) is 6.22. The van der Waals surface area contributed by atoms with Gasteiger partial charge in [-0.25, -0.2) is 4.68 Å². The Labute approximate surface area is 151 Å². The maximum Gasteiger partial charge on any atom is 0.308 e. The van der Waals surface area contributed by atoms with E-state index in [9.17, 15) is 4.79 Å². The van der Waals surface area contributed by atoms with Crippen LogP contribution in [-0.2, 0) is 4.79 Å². The van der Waals surface area contributed by atoms with Gasteiger partial charge < -0.3 is 9.47 Å². The molecule has 2 aromatic carbocycles. The number of halogens is 2. The molecule has 0 aliphatic heterocycles. The van der Waals surface area contributed by atoms with Crippen LogP contribution >= 0.6 is 34.2 Å². The fourth-order valence-electron chi connectivity index (χ4n) is 2.21. The summed E-state index contributed by atoms with van der Waals surface area (Å²) in [5.74, 6) is 0.816. The second-order valence-electron chi connectivity index (χ2n) is 4.79. The number of hydrogen-bond acceptors (Lipinski definition) is 4. The van der Waals surface area contributed by atoms with E-state index in [2.05, 4.69) is 27.7 Å². The van der Waals surface area contributed by atoms with Gasteiger partial charge in [-0.2, -0.15) is 5.10 Å². The number of methoxy groups -OCH3 is 1. The molecule has 3 rings (SSSR count). The van der Waals surface area contributed by atoms with E-state index < -0.39 is 0 Å². The SMILES string of the molecule is COc1ccc(-n2nc3ccc(OC(C)=O)cc3c2I)c(Cl)c1. The maximum absolute atomic E-state index is 11.1. The fraction of sp³-hybridized carbons (Fsp3) is 0.125. The van der Waals surface area contributed by atoms with E-state index in [1.807, 2.05) is 18.2 Å². The third kappa shape index (κ3) is 3.13. The number of aromatic nitrogens is 2. The lowest BCUT2D eigenvalue weighted by Gasteiger charge is -2.07. The van der Waals surface area contributed by atoms with E-state index in [0.717, 1.165) is 20.3 Å². The molecule has 0 N–H and O–H groups in total. The molecule has 0 amide bonds. The Hall–Kier alpha value is -1.80. The van der Waals surface area contributed by atoms with Crippen LogP contribution in [0.25, 0.3) is 16.6 Å². The summed E-state index contributed by atoms with van der Waals surface area (Å²) in [4.78, 5) is 11.1. The summed E-state index contributed by atoms with van der Waals surface area (Å²) in [7, 11) is 1.59. The molecule has 0 saturated heterocycles. The Morgan fingerprint density at radius 1 is 1.22 bits per heavy atom. The highest BCUT2D eigenvalue weighted by Gasteiger charge is 2.14. The molecule has 1 aromatic heterocycles. The van der Waals surface area contributed by atoms with E-state index >= 15 is 0 Å². The minimum atomic E-state index is -0.357. The molecule has 7 heteroatoms. The smallest absolute Gasteiger partial charge is 0.308 e. The number of hydrogen-bond donors (Lipinski definition) is 0. The van der Waals surface area contributed by atoms with Crippen LogP contribution < -0.4 is 9.47 Å². The fourth-order valence-corrected chi connectivity index (χ4v) is 3.26. The Kier molecular flexibility index (Phi) is 4.45. The van der Waals surface area contributed by atoms with Gasteiger partial charge in [0.05, 0.1) is 23.3 Å². The zero-order valence-electron chi connectivity index (χ0n) is 12.3. The van der Waals surface area contributed by atoms with Crippen molar-refractivity contribution in [1.82, 2.24) is 9.78 Å². The summed E-state index contributed by atoms with van der Waals surface area (Å²) in [5, 5.41) is 5.99. The summed E-state index contributed by atoms with van der Waals surface area (Å²) >= 11 is 8.52. The van der Waals surface area contributed by atoms with Crippen LogP contribution in [-0.4, -0.2) is 22.9 Å². The Morgan fingerprint density at radius 3 is 2.61 bits per heavy atom. The Bertz CT molecular complexity index is 908. The number of rotatable bonds is 3. The van der Waals surface area contributed by atoms with Gasteiger partial charge in [0, 0.05) is 18.4 Å². The molecule has 0 aliphatic rings. The first-order valence-electron chi connectivity index (χ1n) is 6.70. The first kappa shape index (κ1) is 16.1. The molecule has 0 saturated carbocycles. The van der Waals surface area contributed by atoms with Crippen LogP contribution in [0.3, 0.4) is 0 Å². The molecule has 0 radical (unpaired) electrons. The minimum absolute atomic E-state index is 0.357. The summed E-state index contributed by atoms with van der Waals surface area (Å²) in [6.07, 6.45) is 0. The normalized spacial score (nSPS) is 10.8. The van der Waals surface area contributed by atoms with E-state index in [0.29, 0.717) is 16.5 Å². The molecule has 0 spiro atoms. The van der Waals surface area contributed by atoms with Gasteiger partial charge in [0.15, 0.2) is 0 Å². The molecule has 3 aromatic rings. The monoisotopic (exact) mass is 442 g/mol. The zero-order valence-corrected chi connectivity index (χ0v) is 15.3. The number of esters is 1. The molecule has 0 atom stereocenters. The lowest BCUT2D eigenvalue weighted by Crippen LogP contribution is -2.01. The van der Waals surface area contributed by atoms with Crippen molar-refractivity contribution in [2.75, 3.05) is 7.11 Å². The first-order chi connectivity index (χ1) is 11.0. The quantitative estimate of drug-likeness (QED) is 0.346. The molecule has 0 fully saturated rings. The predicted octanol–water partition coefficient (Wildman–Crippen LogP) is 4.22. The van der Waals surface area contributed by atoms with Crippen molar-refractivity contribution < 1.29 is 14.3 Å². The van der Waals surface area contributed by atoms with E-state index in [4.69, 9.17) is 21.1 Å². The van der Waals surface area contributed by atoms with Crippen molar-refractivity contribution in [3.63, 3.8) is 0 Å². The first-order valence-corrected chi connectivity index (χ1v) is 8.16. The van der Waals surface area contributed by atoms with Crippen molar-refractivity contribution in [1.29, 1.82) is 0 Å². The van der Waals surface area contributed by atoms with Crippen LogP contribution in [0.4, 0.5) is 0 Å². The molecule has 5 nitrogen and oxygen atoms in total. The molecular formula is C16H12ClIN2O3. The van der Waals surface area contributed by atoms with Crippen LogP contribution in [0.5, 0.6) is 11.5 Å². The van der Waals surface area contributed by atoms with Gasteiger partial charge in [0.2, 0.25) is 0 Å². The number of benzene rings is 2. The molecule has 1 heterocycles. The van der Waals surface area contributed by atoms with Gasteiger partial charge in [0.1, 0.15) is 15.2 Å². The van der Waals surface area contributed by atoms with Crippen molar-refractivity contribution >= 4 is 51.1 Å². The number of nitrogens with zero attached hydrogens (tertiary/aromatic N) is 2. The molecular weight excluding hydrogens is 431 g/mol. The van der Waals surface area contributed by atoms with E-state index in [-0.39, 0.29) is 5.97 Å². The molecule has 23 heavy (non-hydrogen) atoms. The highest BCUT2D eigenvalue weighted by Crippen LogP contribution is 2.31. The maximum atomic E-state index is 11.1. The van der Waals surface area contributed by atoms with Gasteiger partial charge in [-0.3, -0.25) is 4.79 Å². The van der Waals surface area contributed by atoms with Crippen LogP contribution in [0, 0.1) is 3.70 Å². The second kappa shape index (κ2) is 6.37. The predicted molar refractivity (Wildman–Crippen MR) is 96.7 cm³/mol. The van der Waals surface area contributed by atoms with E-state index in [1.54, 1.807) is 30.0 Å². The molecule has 0 unspecified atom stereocenters. The van der Waals surface area contributed by atoms with Crippen molar-refractivity contribution in [3.8, 4) is 17.2 Å². The van der Waals surface area contributed by atoms with Crippen LogP contribution in [0.2, 0.25) is 5.02 Å². The van der Waals surface area contributed by atoms with Gasteiger partial charge in [-0.1, -0.05) is 11.6 Å². The van der Waals surface area contributed by atoms with Gasteiger partial charge in [0.25, 0.3) is 0 Å². The summed E-state index contributed by atoms with van der Waals surface area (Å²) in [5.41, 5.74) is 1.54. The number of carbonyl (C=O) groups is 1. The summed E-state index contributed by atoms with van der Waals surface area (Å²) in [6.45, 7) is 1.37. The minimum Gasteiger partial charge on any atom is -0.497 e. The highest BCUT2D eigenvalue weighted by atomic mass is 127. The largest absolute Gasteiger partial charge is 0.497 e. The van der Waals surface area contributed by atoms with Gasteiger partial charge in [-0.05, 0) is 52.9 Å². The van der Waals surface area contributed by atoms with Gasteiger partial charge in [-0.15, -0.1) is 0 Å². The van der Waals surface area contributed by atoms with Crippen molar-refractivity contribution in [2.24, 2.45) is 0 Å². The number of ether oxygens (including phenoxy) is 2. The summed E-state index contributed by atoms with van der Waals surface area (Å²) in [6, 6.07) is 10.7. The molecule has 0 aliphatic carbocycles. The lowest BCUT2D eigenvalue weighted by atomic mass is 10.2. The Balaban J connectivity index is 2.12. The standard InChI is InChI=1S/C16H12ClIN2O3/c1-9(21)23-11-3-5-14-12(7-11)16(18)20(19-14)15-6-4-10(22-2)8-13(15)17/h3-8H,1-2H3. The van der Waals surface area contributed by atoms with Crippen LogP contribution in [0.1, 0.15) is 6.92 Å². The Morgan fingerprint density at radius 2 is 1.96 bits per heavy atom. The zero-order chi connectivity index (χ0) is 16.6. The topological polar surface area (TPSA) is 53.4 Å². The van der Waals surface area contributed by atoms with Crippen molar-refractivity contribution in [3.05, 3.63) is 45.1 Å². The molecule has 0 bridgehead atoms. The molecule has 118 valence electrons. The third-order valence-electron chi connectivity index (χ3n) is 3.23. The lowest BCUT2D eigenvalue weighted by molar-refractivity contribution is -0.131. The average Bonchev–Trinajstić information content (AvgIpc) is 2.83. The van der Waals surface area contributed by atoms with E-state index in [1.165, 1.54) is 6.92 Å². The summed E-state index contributed by atoms with van der Waals surface area (Å²) < 4.78 is 12.9. The number of fused-ring (bicyclic) bond motifs is 1. The number of carbonyl (C=O) groups excluding carboxylic acids is 1. The average molecular weight is 443 g/mol. The third-order valence-corrected chi connectivity index (χ3v) is 4.57.